The van der Waals surface area contributed by atoms with E-state index in [4.69, 9.17) is 27.4 Å². The molecule has 7 heteroatoms. The smallest absolute Gasteiger partial charge is 0.231 e. The molecule has 3 atom stereocenters. The van der Waals surface area contributed by atoms with Crippen LogP contribution in [0.3, 0.4) is 0 Å². The Morgan fingerprint density at radius 1 is 1.37 bits per heavy atom. The molecule has 1 aliphatic carbocycles. The van der Waals surface area contributed by atoms with E-state index in [1.807, 2.05) is 12.1 Å². The molecule has 1 saturated carbocycles. The molecule has 102 valence electrons. The number of fused-ring (bicyclic) bond motifs is 1. The Kier molecular flexibility index (Phi) is 2.72. The van der Waals surface area contributed by atoms with Crippen LogP contribution in [-0.2, 0) is 9.84 Å². The van der Waals surface area contributed by atoms with E-state index in [0.29, 0.717) is 11.5 Å². The molecule has 3 rings (SSSR count). The molecule has 1 aromatic rings. The van der Waals surface area contributed by atoms with Crippen molar-refractivity contribution in [1.82, 2.24) is 0 Å². The maximum atomic E-state index is 11.8. The van der Waals surface area contributed by atoms with Gasteiger partial charge in [0.15, 0.2) is 21.3 Å². The maximum Gasteiger partial charge on any atom is 0.231 e. The van der Waals surface area contributed by atoms with E-state index in [-0.39, 0.29) is 23.6 Å². The second-order valence-electron chi connectivity index (χ2n) is 4.86. The second kappa shape index (κ2) is 4.08. The average molecular weight is 299 g/mol. The van der Waals surface area contributed by atoms with Gasteiger partial charge >= 0.3 is 0 Å². The monoisotopic (exact) mass is 299 g/mol. The molecule has 1 aliphatic heterocycles. The summed E-state index contributed by atoms with van der Waals surface area (Å²) < 4.78 is 34.0. The number of thiocarbonyl (C=S) groups is 1. The van der Waals surface area contributed by atoms with Crippen LogP contribution in [0.5, 0.6) is 11.5 Å². The van der Waals surface area contributed by atoms with Gasteiger partial charge in [0.2, 0.25) is 6.79 Å². The van der Waals surface area contributed by atoms with Gasteiger partial charge < -0.3 is 15.2 Å². The molecule has 5 nitrogen and oxygen atoms in total. The third-order valence-corrected chi connectivity index (χ3v) is 5.41. The molecule has 2 aliphatic rings. The van der Waals surface area contributed by atoms with Gasteiger partial charge in [-0.1, -0.05) is 18.3 Å². The zero-order valence-corrected chi connectivity index (χ0v) is 11.8. The summed E-state index contributed by atoms with van der Waals surface area (Å²) in [5.74, 6) is 0.845. The molecular formula is C12H13NO4S2. The zero-order chi connectivity index (χ0) is 13.8. The molecule has 1 aromatic carbocycles. The first-order valence-corrected chi connectivity index (χ1v) is 8.13. The van der Waals surface area contributed by atoms with Gasteiger partial charge in [-0.05, 0) is 17.7 Å². The molecule has 0 unspecified atom stereocenters. The summed E-state index contributed by atoms with van der Waals surface area (Å²) in [4.78, 5) is 0.248. The highest BCUT2D eigenvalue weighted by atomic mass is 32.2. The van der Waals surface area contributed by atoms with Gasteiger partial charge in [0, 0.05) is 18.1 Å². The Balaban J connectivity index is 1.96. The highest BCUT2D eigenvalue weighted by Gasteiger charge is 2.58. The predicted octanol–water partition coefficient (Wildman–Crippen LogP) is 0.828. The van der Waals surface area contributed by atoms with Crippen LogP contribution in [0.2, 0.25) is 0 Å². The first-order chi connectivity index (χ1) is 8.89. The van der Waals surface area contributed by atoms with Crippen molar-refractivity contribution in [2.24, 2.45) is 11.7 Å². The van der Waals surface area contributed by atoms with E-state index in [1.165, 1.54) is 6.26 Å². The molecule has 0 bridgehead atoms. The summed E-state index contributed by atoms with van der Waals surface area (Å²) in [5.41, 5.74) is 6.51. The molecule has 0 saturated heterocycles. The summed E-state index contributed by atoms with van der Waals surface area (Å²) in [6, 6.07) is 5.43. The Hall–Kier alpha value is -1.34. The molecule has 19 heavy (non-hydrogen) atoms. The molecular weight excluding hydrogens is 286 g/mol. The number of sulfone groups is 1. The lowest BCUT2D eigenvalue weighted by Crippen LogP contribution is -2.16. The fourth-order valence-electron chi connectivity index (χ4n) is 2.67. The first kappa shape index (κ1) is 12.7. The third-order valence-electron chi connectivity index (χ3n) is 3.56. The van der Waals surface area contributed by atoms with E-state index in [9.17, 15) is 8.42 Å². The number of hydrogen-bond donors (Lipinski definition) is 1. The normalized spacial score (nSPS) is 28.2. The Morgan fingerprint density at radius 3 is 2.63 bits per heavy atom. The summed E-state index contributed by atoms with van der Waals surface area (Å²) in [5, 5.41) is -0.523. The van der Waals surface area contributed by atoms with Crippen molar-refractivity contribution in [3.05, 3.63) is 23.8 Å². The lowest BCUT2D eigenvalue weighted by atomic mass is 10.1. The van der Waals surface area contributed by atoms with Gasteiger partial charge in [-0.3, -0.25) is 0 Å². The standard InChI is InChI=1S/C12H13NO4S2/c1-19(14,15)11-9(10(11)12(13)18)6-2-3-7-8(4-6)17-5-16-7/h2-4,9-11H,5H2,1H3,(H2,13,18)/t9-,10+,11-/m0/s1. The van der Waals surface area contributed by atoms with Crippen LogP contribution < -0.4 is 15.2 Å². The highest BCUT2D eigenvalue weighted by molar-refractivity contribution is 7.91. The fraction of sp³-hybridized carbons (Fsp3) is 0.417. The van der Waals surface area contributed by atoms with Crippen LogP contribution in [0.15, 0.2) is 18.2 Å². The predicted molar refractivity (Wildman–Crippen MR) is 74.2 cm³/mol. The van der Waals surface area contributed by atoms with Crippen molar-refractivity contribution >= 4 is 27.0 Å². The SMILES string of the molecule is CS(=O)(=O)[C@@H]1[C@H](C(N)=S)[C@@H]1c1ccc2c(c1)OCO2. The number of benzene rings is 1. The van der Waals surface area contributed by atoms with Gasteiger partial charge in [0.25, 0.3) is 0 Å². The van der Waals surface area contributed by atoms with Crippen molar-refractivity contribution in [2.45, 2.75) is 11.2 Å². The van der Waals surface area contributed by atoms with Crippen molar-refractivity contribution in [3.63, 3.8) is 0 Å². The Morgan fingerprint density at radius 2 is 2.05 bits per heavy atom. The molecule has 0 spiro atoms. The van der Waals surface area contributed by atoms with Gasteiger partial charge in [0.05, 0.1) is 10.2 Å². The molecule has 2 N–H and O–H groups in total. The highest BCUT2D eigenvalue weighted by Crippen LogP contribution is 2.53. The van der Waals surface area contributed by atoms with Gasteiger partial charge in [-0.2, -0.15) is 0 Å². The summed E-state index contributed by atoms with van der Waals surface area (Å²) >= 11 is 4.96. The molecule has 1 heterocycles. The van der Waals surface area contributed by atoms with Crippen molar-refractivity contribution in [3.8, 4) is 11.5 Å². The Labute approximate surface area is 116 Å². The second-order valence-corrected chi connectivity index (χ2v) is 7.54. The number of rotatable bonds is 3. The number of ether oxygens (including phenoxy) is 2. The largest absolute Gasteiger partial charge is 0.454 e. The van der Waals surface area contributed by atoms with Gasteiger partial charge in [0.1, 0.15) is 0 Å². The summed E-state index contributed by atoms with van der Waals surface area (Å²) in [7, 11) is -3.17. The zero-order valence-electron chi connectivity index (χ0n) is 10.2. The summed E-state index contributed by atoms with van der Waals surface area (Å²) in [6.45, 7) is 0.192. The van der Waals surface area contributed by atoms with Crippen molar-refractivity contribution in [1.29, 1.82) is 0 Å². The number of nitrogens with two attached hydrogens (primary N) is 1. The molecule has 0 aromatic heterocycles. The summed E-state index contributed by atoms with van der Waals surface area (Å²) in [6.07, 6.45) is 1.22. The van der Waals surface area contributed by atoms with E-state index >= 15 is 0 Å². The lowest BCUT2D eigenvalue weighted by molar-refractivity contribution is 0.174. The van der Waals surface area contributed by atoms with Crippen LogP contribution in [0.25, 0.3) is 0 Å². The average Bonchev–Trinajstić information content (AvgIpc) is 2.93. The van der Waals surface area contributed by atoms with E-state index in [0.717, 1.165) is 5.56 Å². The van der Waals surface area contributed by atoms with Crippen LogP contribution >= 0.6 is 12.2 Å². The van der Waals surface area contributed by atoms with Crippen molar-refractivity contribution < 1.29 is 17.9 Å². The van der Waals surface area contributed by atoms with Crippen LogP contribution in [0, 0.1) is 5.92 Å². The first-order valence-electron chi connectivity index (χ1n) is 5.77. The molecule has 0 radical (unpaired) electrons. The van der Waals surface area contributed by atoms with E-state index in [2.05, 4.69) is 0 Å². The van der Waals surface area contributed by atoms with Crippen molar-refractivity contribution in [2.75, 3.05) is 13.0 Å². The fourth-order valence-corrected chi connectivity index (χ4v) is 4.67. The minimum Gasteiger partial charge on any atom is -0.454 e. The van der Waals surface area contributed by atoms with Crippen LogP contribution in [0.1, 0.15) is 11.5 Å². The van der Waals surface area contributed by atoms with Gasteiger partial charge in [-0.15, -0.1) is 0 Å². The van der Waals surface area contributed by atoms with E-state index in [1.54, 1.807) is 6.07 Å². The third kappa shape index (κ3) is 2.06. The molecule has 0 amide bonds. The van der Waals surface area contributed by atoms with E-state index < -0.39 is 15.1 Å². The minimum absolute atomic E-state index is 0.179. The topological polar surface area (TPSA) is 78.6 Å². The number of hydrogen-bond acceptors (Lipinski definition) is 5. The van der Waals surface area contributed by atoms with Crippen LogP contribution in [-0.4, -0.2) is 31.7 Å². The lowest BCUT2D eigenvalue weighted by Gasteiger charge is -2.02. The minimum atomic E-state index is -3.17. The Bertz CT molecular complexity index is 656. The van der Waals surface area contributed by atoms with Gasteiger partial charge in [-0.25, -0.2) is 8.42 Å². The maximum absolute atomic E-state index is 11.8. The van der Waals surface area contributed by atoms with Crippen LogP contribution in [0.4, 0.5) is 0 Å². The quantitative estimate of drug-likeness (QED) is 0.833. The molecule has 1 fully saturated rings.